The van der Waals surface area contributed by atoms with Crippen LogP contribution in [0.2, 0.25) is 0 Å². The summed E-state index contributed by atoms with van der Waals surface area (Å²) in [5, 5.41) is 0. The highest BCUT2D eigenvalue weighted by molar-refractivity contribution is 9.10. The molecular weight excluding hydrogens is 524 g/mol. The molecule has 0 amide bonds. The number of ketones is 1. The molecule has 0 fully saturated rings. The SMILES string of the molecule is CCOS(=O)(=O)[O-].CCSc1sc(C(=O)c2ccc(Br)cc2)c(N)c1-[n+]1ccccc1. The van der Waals surface area contributed by atoms with Crippen LogP contribution in [-0.2, 0) is 14.6 Å². The Balaban J connectivity index is 0.000000423. The van der Waals surface area contributed by atoms with Crippen LogP contribution in [-0.4, -0.2) is 31.1 Å². The minimum Gasteiger partial charge on any atom is -0.726 e. The maximum atomic E-state index is 12.9. The summed E-state index contributed by atoms with van der Waals surface area (Å²) in [4.78, 5) is 13.5. The van der Waals surface area contributed by atoms with E-state index in [4.69, 9.17) is 5.73 Å². The van der Waals surface area contributed by atoms with Crippen molar-refractivity contribution in [3.63, 3.8) is 0 Å². The van der Waals surface area contributed by atoms with E-state index in [0.29, 0.717) is 16.1 Å². The first-order chi connectivity index (χ1) is 14.7. The molecule has 3 rings (SSSR count). The lowest BCUT2D eigenvalue weighted by Crippen LogP contribution is -2.30. The summed E-state index contributed by atoms with van der Waals surface area (Å²) in [5.74, 6) is 0.887. The molecule has 0 aliphatic heterocycles. The van der Waals surface area contributed by atoms with Gasteiger partial charge in [-0.2, -0.15) is 4.57 Å². The summed E-state index contributed by atoms with van der Waals surface area (Å²) in [7, 11) is -4.42. The minimum atomic E-state index is -4.42. The second-order valence-corrected chi connectivity index (χ2v) is 10.4. The lowest BCUT2D eigenvalue weighted by atomic mass is 10.1. The van der Waals surface area contributed by atoms with E-state index < -0.39 is 10.4 Å². The maximum absolute atomic E-state index is 12.9. The zero-order chi connectivity index (χ0) is 23.0. The number of pyridine rings is 1. The van der Waals surface area contributed by atoms with Crippen molar-refractivity contribution in [2.45, 2.75) is 18.1 Å². The third-order valence-corrected chi connectivity index (χ3v) is 7.10. The Labute approximate surface area is 198 Å². The van der Waals surface area contributed by atoms with E-state index >= 15 is 0 Å². The maximum Gasteiger partial charge on any atom is 0.259 e. The van der Waals surface area contributed by atoms with Gasteiger partial charge in [-0.15, -0.1) is 23.1 Å². The predicted octanol–water partition coefficient (Wildman–Crippen LogP) is 4.20. The van der Waals surface area contributed by atoms with Crippen LogP contribution in [0.4, 0.5) is 5.69 Å². The topological polar surface area (TPSA) is 113 Å². The summed E-state index contributed by atoms with van der Waals surface area (Å²) in [6.07, 6.45) is 3.90. The van der Waals surface area contributed by atoms with Gasteiger partial charge in [0.1, 0.15) is 14.8 Å². The van der Waals surface area contributed by atoms with Gasteiger partial charge in [-0.3, -0.25) is 8.98 Å². The predicted molar refractivity (Wildman–Crippen MR) is 126 cm³/mol. The van der Waals surface area contributed by atoms with Gasteiger partial charge in [0, 0.05) is 22.2 Å². The molecule has 0 aliphatic rings. The number of anilines is 1. The summed E-state index contributed by atoms with van der Waals surface area (Å²) in [6, 6.07) is 13.2. The molecule has 2 heterocycles. The van der Waals surface area contributed by atoms with E-state index in [1.165, 1.54) is 18.3 Å². The van der Waals surface area contributed by atoms with Crippen LogP contribution >= 0.6 is 39.0 Å². The van der Waals surface area contributed by atoms with E-state index in [9.17, 15) is 17.8 Å². The second-order valence-electron chi connectivity index (χ2n) is 5.85. The summed E-state index contributed by atoms with van der Waals surface area (Å²) >= 11 is 6.57. The molecule has 2 aromatic heterocycles. The molecule has 0 radical (unpaired) electrons. The largest absolute Gasteiger partial charge is 0.726 e. The van der Waals surface area contributed by atoms with Crippen LogP contribution in [0.1, 0.15) is 29.1 Å². The molecule has 0 bridgehead atoms. The molecule has 0 spiro atoms. The second kappa shape index (κ2) is 11.7. The molecule has 31 heavy (non-hydrogen) atoms. The molecule has 7 nitrogen and oxygen atoms in total. The van der Waals surface area contributed by atoms with Crippen molar-refractivity contribution in [2.24, 2.45) is 0 Å². The molecular formula is C20H21BrN2O5S3. The van der Waals surface area contributed by atoms with E-state index in [2.05, 4.69) is 27.0 Å². The average Bonchev–Trinajstić information content (AvgIpc) is 3.04. The van der Waals surface area contributed by atoms with Crippen molar-refractivity contribution < 1.29 is 26.5 Å². The van der Waals surface area contributed by atoms with E-state index in [1.54, 1.807) is 11.8 Å². The number of rotatable bonds is 7. The summed E-state index contributed by atoms with van der Waals surface area (Å²) < 4.78 is 36.0. The molecule has 11 heteroatoms. The lowest BCUT2D eigenvalue weighted by Gasteiger charge is -2.02. The molecule has 0 unspecified atom stereocenters. The number of carbonyl (C=O) groups is 1. The highest BCUT2D eigenvalue weighted by Gasteiger charge is 2.28. The molecule has 1 aromatic carbocycles. The number of halogens is 1. The van der Waals surface area contributed by atoms with Gasteiger partial charge < -0.3 is 10.3 Å². The number of nitrogens with zero attached hydrogens (tertiary/aromatic N) is 1. The Bertz CT molecular complexity index is 1120. The molecule has 0 saturated carbocycles. The van der Waals surface area contributed by atoms with Crippen LogP contribution in [0.15, 0.2) is 63.5 Å². The van der Waals surface area contributed by atoms with Gasteiger partial charge in [-0.05, 0) is 36.9 Å². The number of thioether (sulfide) groups is 1. The summed E-state index contributed by atoms with van der Waals surface area (Å²) in [5.41, 5.74) is 8.46. The van der Waals surface area contributed by atoms with Crippen molar-refractivity contribution in [3.8, 4) is 5.69 Å². The van der Waals surface area contributed by atoms with Crippen LogP contribution in [0.25, 0.3) is 5.69 Å². The van der Waals surface area contributed by atoms with Crippen molar-refractivity contribution >= 4 is 60.9 Å². The quantitative estimate of drug-likeness (QED) is 0.156. The number of nitrogens with two attached hydrogens (primary N) is 1. The van der Waals surface area contributed by atoms with E-state index in [0.717, 1.165) is 20.1 Å². The van der Waals surface area contributed by atoms with Gasteiger partial charge in [0.25, 0.3) is 5.69 Å². The number of hydrogen-bond acceptors (Lipinski definition) is 8. The minimum absolute atomic E-state index is 0.0364. The average molecular weight is 546 g/mol. The van der Waals surface area contributed by atoms with Gasteiger partial charge in [0.05, 0.1) is 6.61 Å². The number of nitrogen functional groups attached to an aromatic ring is 1. The van der Waals surface area contributed by atoms with Crippen LogP contribution in [0.5, 0.6) is 0 Å². The standard InChI is InChI=1S/C18H15BrN2OS2.C2H6O4S/c1-2-23-18-15(21-10-4-3-5-11-21)14(20)17(24-18)16(22)12-6-8-13(19)9-7-12;1-2-6-7(3,4)5/h3-11H,2H2,1H3,(H-,20,22);2H2,1H3,(H,3,4,5). The molecule has 0 aliphatic carbocycles. The normalized spacial score (nSPS) is 11.0. The van der Waals surface area contributed by atoms with Crippen LogP contribution in [0.3, 0.4) is 0 Å². The Morgan fingerprint density at radius 1 is 1.19 bits per heavy atom. The first kappa shape index (κ1) is 25.5. The zero-order valence-electron chi connectivity index (χ0n) is 16.8. The van der Waals surface area contributed by atoms with Crippen molar-refractivity contribution in [3.05, 3.63) is 69.8 Å². The number of aromatic nitrogens is 1. The fraction of sp³-hybridized carbons (Fsp3) is 0.200. The molecule has 166 valence electrons. The van der Waals surface area contributed by atoms with Crippen molar-refractivity contribution in [2.75, 3.05) is 18.1 Å². The lowest BCUT2D eigenvalue weighted by molar-refractivity contribution is -0.596. The first-order valence-corrected chi connectivity index (χ1v) is 13.0. The number of hydrogen-bond donors (Lipinski definition) is 1. The molecule has 0 atom stereocenters. The van der Waals surface area contributed by atoms with Gasteiger partial charge in [-0.1, -0.05) is 28.9 Å². The Morgan fingerprint density at radius 3 is 2.29 bits per heavy atom. The molecule has 0 saturated heterocycles. The smallest absolute Gasteiger partial charge is 0.259 e. The van der Waals surface area contributed by atoms with Crippen LogP contribution in [0, 0.1) is 0 Å². The zero-order valence-corrected chi connectivity index (χ0v) is 20.8. The number of carbonyl (C=O) groups excluding carboxylic acids is 1. The third kappa shape index (κ3) is 7.41. The van der Waals surface area contributed by atoms with Crippen LogP contribution < -0.4 is 10.3 Å². The summed E-state index contributed by atoms with van der Waals surface area (Å²) in [6.45, 7) is 3.43. The van der Waals surface area contributed by atoms with Crippen molar-refractivity contribution in [1.82, 2.24) is 0 Å². The number of thiophene rings is 1. The number of benzene rings is 1. The monoisotopic (exact) mass is 544 g/mol. The fourth-order valence-electron chi connectivity index (χ4n) is 2.48. The Morgan fingerprint density at radius 2 is 1.81 bits per heavy atom. The van der Waals surface area contributed by atoms with E-state index in [1.807, 2.05) is 59.4 Å². The van der Waals surface area contributed by atoms with Gasteiger partial charge >= 0.3 is 0 Å². The Hall–Kier alpha value is -1.76. The first-order valence-electron chi connectivity index (χ1n) is 9.10. The van der Waals surface area contributed by atoms with E-state index in [-0.39, 0.29) is 12.4 Å². The Kier molecular flexibility index (Phi) is 9.66. The highest BCUT2D eigenvalue weighted by atomic mass is 79.9. The third-order valence-electron chi connectivity index (χ3n) is 3.71. The fourth-order valence-corrected chi connectivity index (χ4v) is 5.40. The van der Waals surface area contributed by atoms with Gasteiger partial charge in [0.2, 0.25) is 16.2 Å². The van der Waals surface area contributed by atoms with Gasteiger partial charge in [-0.25, -0.2) is 8.42 Å². The van der Waals surface area contributed by atoms with Crippen molar-refractivity contribution in [1.29, 1.82) is 0 Å². The molecule has 3 aromatic rings. The molecule has 2 N–H and O–H groups in total. The highest BCUT2D eigenvalue weighted by Crippen LogP contribution is 2.39. The van der Waals surface area contributed by atoms with Gasteiger partial charge in [0.15, 0.2) is 12.4 Å².